The average molecular weight is 397 g/mol. The highest BCUT2D eigenvalue weighted by atomic mass is 16.7. The van der Waals surface area contributed by atoms with Crippen molar-refractivity contribution in [2.75, 3.05) is 34.5 Å². The Bertz CT molecular complexity index is 413. The van der Waals surface area contributed by atoms with E-state index >= 15 is 0 Å². The first-order valence-corrected chi connectivity index (χ1v) is 12.2. The van der Waals surface area contributed by atoms with Gasteiger partial charge in [-0.15, -0.1) is 0 Å². The van der Waals surface area contributed by atoms with Crippen LogP contribution < -0.4 is 0 Å². The van der Waals surface area contributed by atoms with Gasteiger partial charge in [-0.05, 0) is 13.3 Å². The van der Waals surface area contributed by atoms with E-state index in [1.54, 1.807) is 0 Å². The third kappa shape index (κ3) is 12.1. The van der Waals surface area contributed by atoms with Gasteiger partial charge in [-0.1, -0.05) is 96.8 Å². The Kier molecular flexibility index (Phi) is 13.2. The molecule has 1 saturated heterocycles. The molecule has 0 aromatic carbocycles. The minimum atomic E-state index is -0.202. The Hall–Kier alpha value is -0.540. The second-order valence-corrected chi connectivity index (χ2v) is 10.0. The van der Waals surface area contributed by atoms with Crippen molar-refractivity contribution in [1.29, 1.82) is 0 Å². The van der Waals surface area contributed by atoms with Crippen LogP contribution in [0, 0.1) is 0 Å². The molecule has 1 aliphatic rings. The molecule has 3 nitrogen and oxygen atoms in total. The molecular formula is C25H50NO2+. The predicted molar refractivity (Wildman–Crippen MR) is 121 cm³/mol. The Morgan fingerprint density at radius 2 is 1.25 bits per heavy atom. The van der Waals surface area contributed by atoms with E-state index in [1.165, 1.54) is 89.9 Å². The molecule has 1 rings (SSSR count). The molecule has 3 heteroatoms. The first-order valence-electron chi connectivity index (χ1n) is 12.2. The highest BCUT2D eigenvalue weighted by Gasteiger charge is 2.36. The molecule has 0 aromatic heterocycles. The molecule has 0 aromatic rings. The first-order chi connectivity index (χ1) is 13.4. The molecule has 1 aliphatic heterocycles. The molecule has 0 bridgehead atoms. The molecule has 0 saturated carbocycles. The summed E-state index contributed by atoms with van der Waals surface area (Å²) in [7, 11) is 6.62. The fourth-order valence-electron chi connectivity index (χ4n) is 3.93. The smallest absolute Gasteiger partial charge is 0.189 e. The fourth-order valence-corrected chi connectivity index (χ4v) is 3.93. The van der Waals surface area contributed by atoms with Gasteiger partial charge in [-0.25, -0.2) is 0 Å². The number of ether oxygens (including phenoxy) is 2. The van der Waals surface area contributed by atoms with Crippen LogP contribution >= 0.6 is 0 Å². The van der Waals surface area contributed by atoms with Crippen molar-refractivity contribution >= 4 is 0 Å². The van der Waals surface area contributed by atoms with Crippen LogP contribution in [0.3, 0.4) is 0 Å². The number of nitrogens with zero attached hydrogens (tertiary/aromatic N) is 1. The van der Waals surface area contributed by atoms with Gasteiger partial charge >= 0.3 is 0 Å². The number of unbranched alkanes of at least 4 members (excludes halogenated alkanes) is 13. The van der Waals surface area contributed by atoms with Gasteiger partial charge in [-0.3, -0.25) is 0 Å². The number of rotatable bonds is 17. The first kappa shape index (κ1) is 25.5. The van der Waals surface area contributed by atoms with E-state index in [0.29, 0.717) is 6.79 Å². The molecule has 0 radical (unpaired) electrons. The van der Waals surface area contributed by atoms with E-state index in [4.69, 9.17) is 9.47 Å². The van der Waals surface area contributed by atoms with Crippen molar-refractivity contribution in [3.8, 4) is 0 Å². The van der Waals surface area contributed by atoms with Crippen molar-refractivity contribution in [2.45, 2.75) is 116 Å². The highest BCUT2D eigenvalue weighted by molar-refractivity contribution is 5.11. The van der Waals surface area contributed by atoms with Gasteiger partial charge in [0.05, 0.1) is 21.1 Å². The van der Waals surface area contributed by atoms with Gasteiger partial charge in [-0.2, -0.15) is 0 Å². The maximum atomic E-state index is 5.93. The Morgan fingerprint density at radius 3 is 1.71 bits per heavy atom. The fraction of sp³-hybridized carbons (Fsp3) is 0.920. The van der Waals surface area contributed by atoms with E-state index in [9.17, 15) is 0 Å². The molecule has 0 spiro atoms. The Balaban J connectivity index is 1.99. The molecular weight excluding hydrogens is 346 g/mol. The summed E-state index contributed by atoms with van der Waals surface area (Å²) in [6.07, 6.45) is 23.0. The van der Waals surface area contributed by atoms with Crippen LogP contribution in [0.1, 0.15) is 110 Å². The summed E-state index contributed by atoms with van der Waals surface area (Å²) in [5.41, 5.74) is -0.202. The summed E-state index contributed by atoms with van der Waals surface area (Å²) >= 11 is 0. The standard InChI is InChI=1S/C25H50NO2/c1-6-7-8-9-10-11-12-13-14-15-16-17-18-19-21-25(2)24(27-23-28-25)20-22-26(3,4)5/h20H,6-19,21-23H2,1-5H3/q+1/b24-20-/t25-/m1/s1. The molecule has 1 heterocycles. The van der Waals surface area contributed by atoms with Crippen LogP contribution in [0.5, 0.6) is 0 Å². The van der Waals surface area contributed by atoms with Crippen LogP contribution in [0.15, 0.2) is 11.8 Å². The third-order valence-corrected chi connectivity index (χ3v) is 5.94. The van der Waals surface area contributed by atoms with Crippen molar-refractivity contribution in [3.63, 3.8) is 0 Å². The van der Waals surface area contributed by atoms with Crippen molar-refractivity contribution in [3.05, 3.63) is 11.8 Å². The lowest BCUT2D eigenvalue weighted by atomic mass is 9.95. The minimum absolute atomic E-state index is 0.202. The summed E-state index contributed by atoms with van der Waals surface area (Å²) in [5, 5.41) is 0. The SMILES string of the molecule is CCCCCCCCCCCCCCCC[C@@]1(C)OCO/C1=C\C[N+](C)(C)C. The van der Waals surface area contributed by atoms with Crippen molar-refractivity contribution < 1.29 is 14.0 Å². The average Bonchev–Trinajstić information content (AvgIpc) is 3.00. The van der Waals surface area contributed by atoms with Crippen LogP contribution in [-0.2, 0) is 9.47 Å². The van der Waals surface area contributed by atoms with Gasteiger partial charge in [0.1, 0.15) is 17.9 Å². The zero-order valence-electron chi connectivity index (χ0n) is 19.9. The molecule has 0 aliphatic carbocycles. The van der Waals surface area contributed by atoms with E-state index < -0.39 is 0 Å². The van der Waals surface area contributed by atoms with Crippen molar-refractivity contribution in [1.82, 2.24) is 0 Å². The lowest BCUT2D eigenvalue weighted by molar-refractivity contribution is -0.864. The van der Waals surface area contributed by atoms with E-state index in [0.717, 1.165) is 23.2 Å². The molecule has 0 N–H and O–H groups in total. The van der Waals surface area contributed by atoms with E-state index in [1.807, 2.05) is 0 Å². The predicted octanol–water partition coefficient (Wildman–Crippen LogP) is 7.21. The molecule has 0 unspecified atom stereocenters. The maximum absolute atomic E-state index is 5.93. The Labute approximate surface area is 176 Å². The van der Waals surface area contributed by atoms with Gasteiger partial charge in [0, 0.05) is 6.08 Å². The number of likely N-dealkylation sites (N-methyl/N-ethyl adjacent to an activating group) is 1. The molecule has 166 valence electrons. The van der Waals surface area contributed by atoms with Gasteiger partial charge < -0.3 is 14.0 Å². The monoisotopic (exact) mass is 396 g/mol. The van der Waals surface area contributed by atoms with Crippen LogP contribution in [-0.4, -0.2) is 44.6 Å². The second-order valence-electron chi connectivity index (χ2n) is 10.0. The quantitative estimate of drug-likeness (QED) is 0.191. The maximum Gasteiger partial charge on any atom is 0.189 e. The zero-order valence-corrected chi connectivity index (χ0v) is 19.9. The van der Waals surface area contributed by atoms with E-state index in [2.05, 4.69) is 41.1 Å². The van der Waals surface area contributed by atoms with Gasteiger partial charge in [0.2, 0.25) is 0 Å². The topological polar surface area (TPSA) is 18.5 Å². The summed E-state index contributed by atoms with van der Waals surface area (Å²) in [4.78, 5) is 0. The summed E-state index contributed by atoms with van der Waals surface area (Å²) < 4.78 is 12.6. The van der Waals surface area contributed by atoms with Gasteiger partial charge in [0.25, 0.3) is 0 Å². The molecule has 1 fully saturated rings. The zero-order chi connectivity index (χ0) is 20.7. The van der Waals surface area contributed by atoms with E-state index in [-0.39, 0.29) is 5.60 Å². The number of quaternary nitrogens is 1. The van der Waals surface area contributed by atoms with Crippen LogP contribution in [0.25, 0.3) is 0 Å². The lowest BCUT2D eigenvalue weighted by Gasteiger charge is -2.25. The largest absolute Gasteiger partial charge is 0.469 e. The summed E-state index contributed by atoms with van der Waals surface area (Å²) in [6, 6.07) is 0. The second kappa shape index (κ2) is 14.4. The summed E-state index contributed by atoms with van der Waals surface area (Å²) in [5.74, 6) is 1.05. The Morgan fingerprint density at radius 1 is 0.786 bits per heavy atom. The minimum Gasteiger partial charge on any atom is -0.469 e. The highest BCUT2D eigenvalue weighted by Crippen LogP contribution is 2.34. The third-order valence-electron chi connectivity index (χ3n) is 5.94. The van der Waals surface area contributed by atoms with Crippen LogP contribution in [0.4, 0.5) is 0 Å². The lowest BCUT2D eigenvalue weighted by Crippen LogP contribution is -2.35. The molecule has 28 heavy (non-hydrogen) atoms. The molecule has 1 atom stereocenters. The normalized spacial score (nSPS) is 21.4. The van der Waals surface area contributed by atoms with Gasteiger partial charge in [0.15, 0.2) is 6.79 Å². The number of hydrogen-bond donors (Lipinski definition) is 0. The molecule has 0 amide bonds. The van der Waals surface area contributed by atoms with Crippen LogP contribution in [0.2, 0.25) is 0 Å². The summed E-state index contributed by atoms with van der Waals surface area (Å²) in [6.45, 7) is 5.88. The number of hydrogen-bond acceptors (Lipinski definition) is 2. The van der Waals surface area contributed by atoms with Crippen molar-refractivity contribution in [2.24, 2.45) is 0 Å².